The van der Waals surface area contributed by atoms with Gasteiger partial charge >= 0.3 is 11.9 Å². The van der Waals surface area contributed by atoms with Gasteiger partial charge in [-0.25, -0.2) is 9.59 Å². The van der Waals surface area contributed by atoms with Crippen molar-refractivity contribution in [3.05, 3.63) is 59.2 Å². The largest absolute Gasteiger partial charge is 0.490 e. The highest BCUT2D eigenvalue weighted by Crippen LogP contribution is 2.30. The monoisotopic (exact) mass is 409 g/mol. The Balaban J connectivity index is 2.14. The normalized spacial score (nSPS) is 10.7. The van der Waals surface area contributed by atoms with Crippen molar-refractivity contribution >= 4 is 18.0 Å². The Hall–Kier alpha value is -3.79. The Bertz CT molecular complexity index is 974. The standard InChI is InChI=1S/C23H23NO6/c1-4-27-21-13-17(12-18(14-24)23(26)28-5-2)10-11-20(21)30-22(25)15-29-19-9-7-6-8-16(19)3/h6-13H,4-5,15H2,1-3H3/b18-12+. The molecule has 0 N–H and O–H groups in total. The first kappa shape index (κ1) is 22.5. The van der Waals surface area contributed by atoms with Crippen molar-refractivity contribution in [3.63, 3.8) is 0 Å². The summed E-state index contributed by atoms with van der Waals surface area (Å²) in [4.78, 5) is 24.0. The molecule has 0 saturated heterocycles. The van der Waals surface area contributed by atoms with Gasteiger partial charge in [0, 0.05) is 0 Å². The molecule has 156 valence electrons. The summed E-state index contributed by atoms with van der Waals surface area (Å²) in [6, 6.07) is 13.9. The zero-order valence-corrected chi connectivity index (χ0v) is 17.1. The van der Waals surface area contributed by atoms with E-state index in [1.54, 1.807) is 32.0 Å². The molecule has 0 heterocycles. The van der Waals surface area contributed by atoms with Crippen LogP contribution in [0.3, 0.4) is 0 Å². The molecule has 0 aliphatic heterocycles. The van der Waals surface area contributed by atoms with Gasteiger partial charge in [0.15, 0.2) is 18.1 Å². The second-order valence-corrected chi connectivity index (χ2v) is 6.06. The van der Waals surface area contributed by atoms with Crippen molar-refractivity contribution in [1.82, 2.24) is 0 Å². The van der Waals surface area contributed by atoms with E-state index in [0.29, 0.717) is 23.7 Å². The van der Waals surface area contributed by atoms with Gasteiger partial charge in [0.1, 0.15) is 17.4 Å². The van der Waals surface area contributed by atoms with Crippen LogP contribution in [0.2, 0.25) is 0 Å². The lowest BCUT2D eigenvalue weighted by Gasteiger charge is -2.12. The molecule has 0 aliphatic rings. The topological polar surface area (TPSA) is 94.9 Å². The Morgan fingerprint density at radius 1 is 1.00 bits per heavy atom. The number of aryl methyl sites for hydroxylation is 1. The van der Waals surface area contributed by atoms with Crippen LogP contribution in [0.4, 0.5) is 0 Å². The molecule has 0 saturated carbocycles. The summed E-state index contributed by atoms with van der Waals surface area (Å²) in [6.45, 7) is 5.56. The molecule has 2 aromatic carbocycles. The van der Waals surface area contributed by atoms with Gasteiger partial charge < -0.3 is 18.9 Å². The van der Waals surface area contributed by atoms with E-state index in [4.69, 9.17) is 24.2 Å². The fourth-order valence-electron chi connectivity index (χ4n) is 2.49. The van der Waals surface area contributed by atoms with Crippen LogP contribution >= 0.6 is 0 Å². The quantitative estimate of drug-likeness (QED) is 0.269. The van der Waals surface area contributed by atoms with Crippen molar-refractivity contribution in [2.45, 2.75) is 20.8 Å². The zero-order valence-electron chi connectivity index (χ0n) is 17.1. The second kappa shape index (κ2) is 11.3. The summed E-state index contributed by atoms with van der Waals surface area (Å²) in [7, 11) is 0. The number of esters is 2. The molecular weight excluding hydrogens is 386 g/mol. The number of nitrogens with zero attached hydrogens (tertiary/aromatic N) is 1. The summed E-state index contributed by atoms with van der Waals surface area (Å²) in [5.74, 6) is -0.185. The lowest BCUT2D eigenvalue weighted by Crippen LogP contribution is -2.18. The van der Waals surface area contributed by atoms with E-state index in [0.717, 1.165) is 5.56 Å². The van der Waals surface area contributed by atoms with Crippen LogP contribution in [0.1, 0.15) is 25.0 Å². The molecule has 7 nitrogen and oxygen atoms in total. The third-order valence-electron chi connectivity index (χ3n) is 3.86. The lowest BCUT2D eigenvalue weighted by molar-refractivity contribution is -0.138. The van der Waals surface area contributed by atoms with Crippen molar-refractivity contribution < 1.29 is 28.5 Å². The molecule has 0 radical (unpaired) electrons. The highest BCUT2D eigenvalue weighted by atomic mass is 16.6. The molecule has 2 rings (SSSR count). The molecule has 30 heavy (non-hydrogen) atoms. The van der Waals surface area contributed by atoms with E-state index < -0.39 is 11.9 Å². The SMILES string of the molecule is CCOC(=O)/C(C#N)=C/c1ccc(OC(=O)COc2ccccc2C)c(OCC)c1. The van der Waals surface area contributed by atoms with Gasteiger partial charge in [-0.2, -0.15) is 5.26 Å². The third kappa shape index (κ3) is 6.38. The smallest absolute Gasteiger partial charge is 0.349 e. The van der Waals surface area contributed by atoms with E-state index in [1.807, 2.05) is 31.2 Å². The zero-order chi connectivity index (χ0) is 21.9. The molecule has 0 aliphatic carbocycles. The summed E-state index contributed by atoms with van der Waals surface area (Å²) < 4.78 is 21.3. The minimum Gasteiger partial charge on any atom is -0.490 e. The van der Waals surface area contributed by atoms with Crippen molar-refractivity contribution in [2.24, 2.45) is 0 Å². The van der Waals surface area contributed by atoms with Crippen LogP contribution in [0.25, 0.3) is 6.08 Å². The van der Waals surface area contributed by atoms with Crippen molar-refractivity contribution in [2.75, 3.05) is 19.8 Å². The number of nitriles is 1. The highest BCUT2D eigenvalue weighted by Gasteiger charge is 2.14. The number of hydrogen-bond acceptors (Lipinski definition) is 7. The van der Waals surface area contributed by atoms with Gasteiger partial charge in [-0.05, 0) is 56.2 Å². The fourth-order valence-corrected chi connectivity index (χ4v) is 2.49. The van der Waals surface area contributed by atoms with Crippen LogP contribution in [0.15, 0.2) is 48.0 Å². The van der Waals surface area contributed by atoms with E-state index in [-0.39, 0.29) is 24.5 Å². The maximum atomic E-state index is 12.2. The number of benzene rings is 2. The van der Waals surface area contributed by atoms with Crippen LogP contribution < -0.4 is 14.2 Å². The van der Waals surface area contributed by atoms with Crippen molar-refractivity contribution in [1.29, 1.82) is 5.26 Å². The molecule has 0 bridgehead atoms. The van der Waals surface area contributed by atoms with Crippen LogP contribution in [-0.2, 0) is 14.3 Å². The van der Waals surface area contributed by atoms with Crippen molar-refractivity contribution in [3.8, 4) is 23.3 Å². The number of ether oxygens (including phenoxy) is 4. The Kier molecular flexibility index (Phi) is 8.45. The molecular formula is C23H23NO6. The molecule has 0 amide bonds. The minimum atomic E-state index is -0.707. The maximum Gasteiger partial charge on any atom is 0.349 e. The number of carbonyl (C=O) groups is 2. The van der Waals surface area contributed by atoms with Gasteiger partial charge in [-0.3, -0.25) is 0 Å². The van der Waals surface area contributed by atoms with Gasteiger partial charge in [-0.1, -0.05) is 24.3 Å². The molecule has 7 heteroatoms. The van der Waals surface area contributed by atoms with E-state index in [1.165, 1.54) is 12.1 Å². The number of para-hydroxylation sites is 1. The average molecular weight is 409 g/mol. The predicted octanol–water partition coefficient (Wildman–Crippen LogP) is 3.85. The first-order valence-corrected chi connectivity index (χ1v) is 9.43. The molecule has 0 atom stereocenters. The Morgan fingerprint density at radius 3 is 2.43 bits per heavy atom. The van der Waals surface area contributed by atoms with Gasteiger partial charge in [-0.15, -0.1) is 0 Å². The number of rotatable bonds is 9. The third-order valence-corrected chi connectivity index (χ3v) is 3.86. The molecule has 2 aromatic rings. The first-order chi connectivity index (χ1) is 14.5. The molecule has 0 fully saturated rings. The maximum absolute atomic E-state index is 12.2. The van der Waals surface area contributed by atoms with E-state index in [9.17, 15) is 9.59 Å². The van der Waals surface area contributed by atoms with Gasteiger partial charge in [0.2, 0.25) is 0 Å². The number of hydrogen-bond donors (Lipinski definition) is 0. The van der Waals surface area contributed by atoms with E-state index in [2.05, 4.69) is 0 Å². The summed E-state index contributed by atoms with van der Waals surface area (Å²) in [5.41, 5.74) is 1.29. The summed E-state index contributed by atoms with van der Waals surface area (Å²) in [6.07, 6.45) is 1.38. The van der Waals surface area contributed by atoms with Crippen LogP contribution in [-0.4, -0.2) is 31.8 Å². The Morgan fingerprint density at radius 2 is 1.77 bits per heavy atom. The van der Waals surface area contributed by atoms with Crippen LogP contribution in [0.5, 0.6) is 17.2 Å². The average Bonchev–Trinajstić information content (AvgIpc) is 2.73. The minimum absolute atomic E-state index is 0.143. The lowest BCUT2D eigenvalue weighted by atomic mass is 10.1. The number of carbonyl (C=O) groups excluding carboxylic acids is 2. The van der Waals surface area contributed by atoms with Crippen LogP contribution in [0, 0.1) is 18.3 Å². The Labute approximate surface area is 175 Å². The van der Waals surface area contributed by atoms with Gasteiger partial charge in [0.05, 0.1) is 13.2 Å². The summed E-state index contributed by atoms with van der Waals surface area (Å²) in [5, 5.41) is 9.17. The molecule has 0 aromatic heterocycles. The summed E-state index contributed by atoms with van der Waals surface area (Å²) >= 11 is 0. The van der Waals surface area contributed by atoms with Gasteiger partial charge in [0.25, 0.3) is 0 Å². The first-order valence-electron chi connectivity index (χ1n) is 9.43. The molecule has 0 spiro atoms. The predicted molar refractivity (Wildman–Crippen MR) is 110 cm³/mol. The highest BCUT2D eigenvalue weighted by molar-refractivity contribution is 5.98. The molecule has 0 unspecified atom stereocenters. The second-order valence-electron chi connectivity index (χ2n) is 6.06. The van der Waals surface area contributed by atoms with E-state index >= 15 is 0 Å². The fraction of sp³-hybridized carbons (Fsp3) is 0.261.